The Morgan fingerprint density at radius 2 is 1.76 bits per heavy atom. The molecule has 3 aliphatic rings. The Kier molecular flexibility index (Phi) is 6.77. The van der Waals surface area contributed by atoms with E-state index in [1.165, 1.54) is 12.8 Å². The third-order valence-electron chi connectivity index (χ3n) is 10.8. The van der Waals surface area contributed by atoms with Crippen LogP contribution in [0.5, 0.6) is 5.75 Å². The van der Waals surface area contributed by atoms with Gasteiger partial charge in [-0.25, -0.2) is 9.97 Å². The SMILES string of the molecule is COc1cc(C(=O)N2CC3CCC2[C@@H]3N)cc2nc(-c3cc4ccc(-c5ccc6nc(CC(N)=O)ccc6c5)nc4n3CC3CC3)n(C)c12. The van der Waals surface area contributed by atoms with Crippen LogP contribution in [0.25, 0.3) is 55.7 Å². The number of hydrogen-bond donors (Lipinski definition) is 2. The summed E-state index contributed by atoms with van der Waals surface area (Å²) in [4.78, 5) is 42.1. The van der Waals surface area contributed by atoms with Crippen molar-refractivity contribution in [2.75, 3.05) is 13.7 Å². The van der Waals surface area contributed by atoms with Gasteiger partial charge in [-0.3, -0.25) is 14.6 Å². The van der Waals surface area contributed by atoms with Crippen molar-refractivity contribution in [1.82, 2.24) is 29.0 Å². The van der Waals surface area contributed by atoms with Crippen molar-refractivity contribution in [2.24, 2.45) is 30.4 Å². The maximum absolute atomic E-state index is 13.8. The molecule has 0 spiro atoms. The Hall–Kier alpha value is -5.29. The number of benzene rings is 2. The van der Waals surface area contributed by atoms with Crippen LogP contribution in [0, 0.1) is 11.8 Å². The maximum atomic E-state index is 13.8. The van der Waals surface area contributed by atoms with E-state index < -0.39 is 5.91 Å². The quantitative estimate of drug-likeness (QED) is 0.239. The number of nitrogens with zero attached hydrogens (tertiary/aromatic N) is 6. The zero-order valence-electron chi connectivity index (χ0n) is 27.6. The highest BCUT2D eigenvalue weighted by atomic mass is 16.5. The lowest BCUT2D eigenvalue weighted by Gasteiger charge is -2.27. The van der Waals surface area contributed by atoms with Gasteiger partial charge in [-0.15, -0.1) is 0 Å². The van der Waals surface area contributed by atoms with E-state index >= 15 is 0 Å². The molecule has 5 heterocycles. The largest absolute Gasteiger partial charge is 0.494 e. The summed E-state index contributed by atoms with van der Waals surface area (Å²) in [6.07, 6.45) is 4.55. The van der Waals surface area contributed by atoms with Gasteiger partial charge < -0.3 is 30.2 Å². The fourth-order valence-electron chi connectivity index (χ4n) is 8.09. The summed E-state index contributed by atoms with van der Waals surface area (Å²) in [5.74, 6) is 1.98. The van der Waals surface area contributed by atoms with Gasteiger partial charge in [-0.1, -0.05) is 12.1 Å². The molecule has 2 amide bonds. The van der Waals surface area contributed by atoms with Crippen molar-refractivity contribution in [1.29, 1.82) is 0 Å². The van der Waals surface area contributed by atoms with Crippen LogP contribution in [-0.2, 0) is 24.8 Å². The van der Waals surface area contributed by atoms with E-state index in [4.69, 9.17) is 26.2 Å². The van der Waals surface area contributed by atoms with E-state index in [9.17, 15) is 9.59 Å². The molecule has 11 nitrogen and oxygen atoms in total. The fourth-order valence-corrected chi connectivity index (χ4v) is 8.09. The maximum Gasteiger partial charge on any atom is 0.254 e. The Bertz CT molecular complexity index is 2340. The van der Waals surface area contributed by atoms with E-state index in [1.807, 2.05) is 48.3 Å². The van der Waals surface area contributed by atoms with Crippen LogP contribution in [0.2, 0.25) is 0 Å². The number of pyridine rings is 2. The van der Waals surface area contributed by atoms with Gasteiger partial charge in [0.25, 0.3) is 5.91 Å². The number of methoxy groups -OCH3 is 1. The second-order valence-corrected chi connectivity index (χ2v) is 14.0. The van der Waals surface area contributed by atoms with Crippen molar-refractivity contribution < 1.29 is 14.3 Å². The van der Waals surface area contributed by atoms with Crippen molar-refractivity contribution in [3.63, 3.8) is 0 Å². The Morgan fingerprint density at radius 1 is 0.918 bits per heavy atom. The number of carbonyl (C=O) groups excluding carboxylic acids is 2. The predicted molar refractivity (Wildman–Crippen MR) is 188 cm³/mol. The lowest BCUT2D eigenvalue weighted by molar-refractivity contribution is -0.117. The van der Waals surface area contributed by atoms with E-state index in [0.29, 0.717) is 35.4 Å². The first-order valence-electron chi connectivity index (χ1n) is 17.1. The van der Waals surface area contributed by atoms with Crippen LogP contribution in [0.3, 0.4) is 0 Å². The molecule has 2 aliphatic carbocycles. The monoisotopic (exact) mass is 654 g/mol. The summed E-state index contributed by atoms with van der Waals surface area (Å²) in [7, 11) is 3.64. The van der Waals surface area contributed by atoms with E-state index in [1.54, 1.807) is 7.11 Å². The zero-order valence-corrected chi connectivity index (χ0v) is 27.6. The molecule has 4 aromatic heterocycles. The summed E-state index contributed by atoms with van der Waals surface area (Å²) in [5.41, 5.74) is 19.1. The standard InChI is InChI=1S/C38H38N8O3/c1-44-35-29(14-25(16-32(35)49-2)38(48)46-19-24-8-12-30(46)34(24)40)43-37(44)31-15-23-7-11-28(42-36(23)45(31)18-20-3-4-20)22-6-10-27-21(13-22)5-9-26(41-27)17-33(39)47/h5-7,9-11,13-16,20,24,30,34H,3-4,8,12,17-19,40H2,1-2H3,(H2,39,47)/t24?,30?,34-/m1/s1. The predicted octanol–water partition coefficient (Wildman–Crippen LogP) is 4.81. The molecule has 0 radical (unpaired) electrons. The second kappa shape index (κ2) is 11.1. The van der Waals surface area contributed by atoms with Crippen LogP contribution in [-0.4, -0.2) is 66.5 Å². The number of amides is 2. The average Bonchev–Trinajstić information content (AvgIpc) is 3.50. The number of piperidine rings is 1. The summed E-state index contributed by atoms with van der Waals surface area (Å²) in [5, 5.41) is 2.00. The van der Waals surface area contributed by atoms with E-state index in [2.05, 4.69) is 38.4 Å². The molecule has 2 aromatic carbocycles. The van der Waals surface area contributed by atoms with Crippen molar-refractivity contribution in [3.05, 3.63) is 71.9 Å². The molecule has 9 rings (SSSR count). The highest BCUT2D eigenvalue weighted by molar-refractivity contribution is 6.00. The number of primary amides is 1. The summed E-state index contributed by atoms with van der Waals surface area (Å²) in [6.45, 7) is 1.56. The van der Waals surface area contributed by atoms with Gasteiger partial charge in [0.05, 0.1) is 41.6 Å². The van der Waals surface area contributed by atoms with Crippen LogP contribution < -0.4 is 16.2 Å². The summed E-state index contributed by atoms with van der Waals surface area (Å²) in [6, 6.07) is 20.1. The molecule has 1 aliphatic heterocycles. The first-order chi connectivity index (χ1) is 23.7. The average molecular weight is 655 g/mol. The molecule has 3 atom stereocenters. The molecular formula is C38H38N8O3. The first kappa shape index (κ1) is 29.8. The number of imidazole rings is 1. The van der Waals surface area contributed by atoms with Crippen LogP contribution in [0.4, 0.5) is 0 Å². The van der Waals surface area contributed by atoms with Crippen molar-refractivity contribution >= 4 is 44.8 Å². The van der Waals surface area contributed by atoms with Gasteiger partial charge in [-0.2, -0.15) is 0 Å². The number of rotatable bonds is 8. The van der Waals surface area contributed by atoms with Gasteiger partial charge in [0.2, 0.25) is 5.91 Å². The zero-order chi connectivity index (χ0) is 33.6. The van der Waals surface area contributed by atoms with Gasteiger partial charge in [0.1, 0.15) is 16.9 Å². The second-order valence-electron chi connectivity index (χ2n) is 14.0. The summed E-state index contributed by atoms with van der Waals surface area (Å²) < 4.78 is 10.2. The number of ether oxygens (including phenoxy) is 1. The molecule has 6 aromatic rings. The first-order valence-corrected chi connectivity index (χ1v) is 17.1. The van der Waals surface area contributed by atoms with Crippen LogP contribution in [0.15, 0.2) is 60.7 Å². The molecule has 3 fully saturated rings. The van der Waals surface area contributed by atoms with Crippen LogP contribution in [0.1, 0.15) is 41.7 Å². The molecule has 2 unspecified atom stereocenters. The number of nitrogens with two attached hydrogens (primary N) is 2. The number of likely N-dealkylation sites (tertiary alicyclic amines) is 1. The smallest absolute Gasteiger partial charge is 0.254 e. The number of aromatic nitrogens is 5. The Morgan fingerprint density at radius 3 is 2.49 bits per heavy atom. The van der Waals surface area contributed by atoms with Crippen molar-refractivity contribution in [2.45, 2.75) is 50.7 Å². The van der Waals surface area contributed by atoms with Gasteiger partial charge in [0.15, 0.2) is 5.82 Å². The molecule has 4 N–H and O–H groups in total. The minimum absolute atomic E-state index is 0.00907. The molecule has 248 valence electrons. The summed E-state index contributed by atoms with van der Waals surface area (Å²) >= 11 is 0. The number of fused-ring (bicyclic) bond motifs is 5. The molecule has 1 saturated heterocycles. The molecule has 49 heavy (non-hydrogen) atoms. The Labute approximate surface area is 282 Å². The minimum atomic E-state index is -0.401. The molecule has 11 heteroatoms. The molecule has 2 bridgehead atoms. The Balaban J connectivity index is 1.12. The lowest BCUT2D eigenvalue weighted by Crippen LogP contribution is -2.41. The highest BCUT2D eigenvalue weighted by Gasteiger charge is 2.47. The fraction of sp³-hybridized carbons (Fsp3) is 0.342. The highest BCUT2D eigenvalue weighted by Crippen LogP contribution is 2.40. The normalized spacial score (nSPS) is 20.2. The van der Waals surface area contributed by atoms with Crippen molar-refractivity contribution in [3.8, 4) is 28.5 Å². The van der Waals surface area contributed by atoms with Gasteiger partial charge in [0, 0.05) is 54.1 Å². The minimum Gasteiger partial charge on any atom is -0.494 e. The third kappa shape index (κ3) is 4.94. The number of hydrogen-bond acceptors (Lipinski definition) is 7. The van der Waals surface area contributed by atoms with Gasteiger partial charge in [-0.05, 0) is 86.1 Å². The van der Waals surface area contributed by atoms with E-state index in [0.717, 1.165) is 75.1 Å². The van der Waals surface area contributed by atoms with E-state index in [-0.39, 0.29) is 24.4 Å². The topological polar surface area (TPSA) is 147 Å². The third-order valence-corrected chi connectivity index (χ3v) is 10.8. The molecule has 2 saturated carbocycles. The number of carbonyl (C=O) groups is 2. The van der Waals surface area contributed by atoms with Crippen LogP contribution >= 0.6 is 0 Å². The van der Waals surface area contributed by atoms with Gasteiger partial charge >= 0.3 is 0 Å². The molecular weight excluding hydrogens is 616 g/mol. The lowest BCUT2D eigenvalue weighted by atomic mass is 10.1. The number of aryl methyl sites for hydroxylation is 1.